The van der Waals surface area contributed by atoms with E-state index in [1.54, 1.807) is 10.6 Å². The van der Waals surface area contributed by atoms with Crippen LogP contribution in [0.5, 0.6) is 0 Å². The fourth-order valence-electron chi connectivity index (χ4n) is 2.56. The van der Waals surface area contributed by atoms with Gasteiger partial charge in [-0.3, -0.25) is 0 Å². The summed E-state index contributed by atoms with van der Waals surface area (Å²) in [7, 11) is -3.06. The molecule has 0 bridgehead atoms. The Morgan fingerprint density at radius 1 is 1.50 bits per heavy atom. The zero-order valence-electron chi connectivity index (χ0n) is 12.1. The maximum atomic E-state index is 11.6. The Morgan fingerprint density at radius 2 is 2.30 bits per heavy atom. The number of rotatable bonds is 6. The van der Waals surface area contributed by atoms with Crippen molar-refractivity contribution < 1.29 is 8.42 Å². The van der Waals surface area contributed by atoms with E-state index < -0.39 is 10.0 Å². The van der Waals surface area contributed by atoms with Gasteiger partial charge >= 0.3 is 0 Å². The second-order valence-corrected chi connectivity index (χ2v) is 7.28. The van der Waals surface area contributed by atoms with Gasteiger partial charge in [-0.1, -0.05) is 0 Å². The number of hydrogen-bond acceptors (Lipinski definition) is 5. The lowest BCUT2D eigenvalue weighted by Crippen LogP contribution is -2.42. The third-order valence-electron chi connectivity index (χ3n) is 3.70. The molecular formula is C12H23N5O2S. The highest BCUT2D eigenvalue weighted by Gasteiger charge is 2.25. The molecule has 7 nitrogen and oxygen atoms in total. The molecule has 1 fully saturated rings. The molecule has 0 aliphatic carbocycles. The van der Waals surface area contributed by atoms with Crippen LogP contribution in [-0.4, -0.2) is 53.4 Å². The Morgan fingerprint density at radius 3 is 3.00 bits per heavy atom. The summed E-state index contributed by atoms with van der Waals surface area (Å²) in [6, 6.07) is 0. The Kier molecular flexibility index (Phi) is 5.11. The van der Waals surface area contributed by atoms with E-state index in [4.69, 9.17) is 0 Å². The average Bonchev–Trinajstić information content (AvgIpc) is 2.86. The molecule has 1 atom stereocenters. The molecule has 0 radical (unpaired) electrons. The van der Waals surface area contributed by atoms with E-state index in [1.807, 2.05) is 4.57 Å². The van der Waals surface area contributed by atoms with Gasteiger partial charge in [-0.05, 0) is 32.2 Å². The minimum absolute atomic E-state index is 0.372. The van der Waals surface area contributed by atoms with Gasteiger partial charge < -0.3 is 9.88 Å². The van der Waals surface area contributed by atoms with E-state index in [1.165, 1.54) is 6.26 Å². The number of aryl methyl sites for hydroxylation is 1. The summed E-state index contributed by atoms with van der Waals surface area (Å²) in [6.07, 6.45) is 5.01. The molecule has 0 saturated carbocycles. The van der Waals surface area contributed by atoms with Crippen LogP contribution in [0.15, 0.2) is 6.33 Å². The quantitative estimate of drug-likeness (QED) is 0.803. The molecule has 1 aromatic heterocycles. The predicted octanol–water partition coefficient (Wildman–Crippen LogP) is 0.0592. The summed E-state index contributed by atoms with van der Waals surface area (Å²) in [5.41, 5.74) is 0. The van der Waals surface area contributed by atoms with Crippen molar-refractivity contribution >= 4 is 10.0 Å². The van der Waals surface area contributed by atoms with Crippen molar-refractivity contribution in [2.24, 2.45) is 5.92 Å². The molecule has 1 N–H and O–H groups in total. The van der Waals surface area contributed by atoms with Crippen LogP contribution in [0.1, 0.15) is 25.6 Å². The van der Waals surface area contributed by atoms with Crippen molar-refractivity contribution in [2.45, 2.75) is 32.9 Å². The van der Waals surface area contributed by atoms with Gasteiger partial charge in [0.25, 0.3) is 0 Å². The van der Waals surface area contributed by atoms with Crippen molar-refractivity contribution in [1.29, 1.82) is 0 Å². The topological polar surface area (TPSA) is 80.1 Å². The SMILES string of the molecule is CCn1cnnc1CNCC1CCCN(S(C)(=O)=O)C1. The van der Waals surface area contributed by atoms with Crippen LogP contribution < -0.4 is 5.32 Å². The summed E-state index contributed by atoms with van der Waals surface area (Å²) in [4.78, 5) is 0. The van der Waals surface area contributed by atoms with Crippen LogP contribution in [-0.2, 0) is 23.1 Å². The number of nitrogens with one attached hydrogen (secondary N) is 1. The summed E-state index contributed by atoms with van der Waals surface area (Å²) < 4.78 is 26.7. The molecular weight excluding hydrogens is 278 g/mol. The zero-order chi connectivity index (χ0) is 14.6. The van der Waals surface area contributed by atoms with Crippen molar-refractivity contribution in [3.63, 3.8) is 0 Å². The summed E-state index contributed by atoms with van der Waals surface area (Å²) in [6.45, 7) is 5.66. The monoisotopic (exact) mass is 301 g/mol. The zero-order valence-corrected chi connectivity index (χ0v) is 12.9. The van der Waals surface area contributed by atoms with Crippen LogP contribution in [0.4, 0.5) is 0 Å². The molecule has 0 aromatic carbocycles. The first-order valence-corrected chi connectivity index (χ1v) is 8.88. The van der Waals surface area contributed by atoms with Crippen molar-refractivity contribution in [3.8, 4) is 0 Å². The van der Waals surface area contributed by atoms with Crippen molar-refractivity contribution in [3.05, 3.63) is 12.2 Å². The molecule has 1 unspecified atom stereocenters. The fourth-order valence-corrected chi connectivity index (χ4v) is 3.51. The first kappa shape index (κ1) is 15.4. The molecule has 2 heterocycles. The van der Waals surface area contributed by atoms with E-state index in [0.717, 1.165) is 31.8 Å². The van der Waals surface area contributed by atoms with Crippen LogP contribution >= 0.6 is 0 Å². The minimum Gasteiger partial charge on any atom is -0.317 e. The number of aromatic nitrogens is 3. The molecule has 20 heavy (non-hydrogen) atoms. The normalized spacial score (nSPS) is 21.2. The third kappa shape index (κ3) is 4.00. The highest BCUT2D eigenvalue weighted by molar-refractivity contribution is 7.88. The second-order valence-electron chi connectivity index (χ2n) is 5.29. The van der Waals surface area contributed by atoms with Gasteiger partial charge in [0.15, 0.2) is 0 Å². The average molecular weight is 301 g/mol. The molecule has 0 spiro atoms. The standard InChI is InChI=1S/C12H23N5O2S/c1-3-16-10-14-15-12(16)8-13-7-11-5-4-6-17(9-11)20(2,18)19/h10-11,13H,3-9H2,1-2H3. The van der Waals surface area contributed by atoms with Crippen LogP contribution in [0.3, 0.4) is 0 Å². The second kappa shape index (κ2) is 6.64. The van der Waals surface area contributed by atoms with Crippen LogP contribution in [0.25, 0.3) is 0 Å². The minimum atomic E-state index is -3.06. The maximum Gasteiger partial charge on any atom is 0.211 e. The molecule has 1 aliphatic heterocycles. The molecule has 114 valence electrons. The molecule has 1 saturated heterocycles. The molecule has 8 heteroatoms. The molecule has 1 aromatic rings. The van der Waals surface area contributed by atoms with Crippen molar-refractivity contribution in [2.75, 3.05) is 25.9 Å². The lowest BCUT2D eigenvalue weighted by molar-refractivity contribution is 0.260. The van der Waals surface area contributed by atoms with Gasteiger partial charge in [0.1, 0.15) is 12.2 Å². The number of nitrogens with zero attached hydrogens (tertiary/aromatic N) is 4. The van der Waals surface area contributed by atoms with Crippen LogP contribution in [0.2, 0.25) is 0 Å². The Labute approximate surface area is 120 Å². The Balaban J connectivity index is 1.79. The van der Waals surface area contributed by atoms with Crippen LogP contribution in [0, 0.1) is 5.92 Å². The smallest absolute Gasteiger partial charge is 0.211 e. The Bertz CT molecular complexity index is 528. The lowest BCUT2D eigenvalue weighted by atomic mass is 10.00. The summed E-state index contributed by atoms with van der Waals surface area (Å²) in [5, 5.41) is 11.3. The van der Waals surface area contributed by atoms with Gasteiger partial charge in [0.2, 0.25) is 10.0 Å². The Hall–Kier alpha value is -0.990. The first-order valence-electron chi connectivity index (χ1n) is 7.03. The largest absolute Gasteiger partial charge is 0.317 e. The van der Waals surface area contributed by atoms with Gasteiger partial charge in [0, 0.05) is 19.6 Å². The fraction of sp³-hybridized carbons (Fsp3) is 0.833. The van der Waals surface area contributed by atoms with E-state index >= 15 is 0 Å². The number of hydrogen-bond donors (Lipinski definition) is 1. The lowest BCUT2D eigenvalue weighted by Gasteiger charge is -2.31. The first-order chi connectivity index (χ1) is 9.50. The molecule has 1 aliphatic rings. The van der Waals surface area contributed by atoms with Gasteiger partial charge in [0.05, 0.1) is 12.8 Å². The van der Waals surface area contributed by atoms with Gasteiger partial charge in [-0.15, -0.1) is 10.2 Å². The number of piperidine rings is 1. The number of sulfonamides is 1. The highest BCUT2D eigenvalue weighted by Crippen LogP contribution is 2.17. The highest BCUT2D eigenvalue weighted by atomic mass is 32.2. The molecule has 2 rings (SSSR count). The third-order valence-corrected chi connectivity index (χ3v) is 4.97. The molecule has 0 amide bonds. The van der Waals surface area contributed by atoms with E-state index in [-0.39, 0.29) is 0 Å². The van der Waals surface area contributed by atoms with Gasteiger partial charge in [-0.2, -0.15) is 0 Å². The maximum absolute atomic E-state index is 11.6. The van der Waals surface area contributed by atoms with E-state index in [0.29, 0.717) is 25.6 Å². The predicted molar refractivity (Wildman–Crippen MR) is 76.5 cm³/mol. The van der Waals surface area contributed by atoms with E-state index in [9.17, 15) is 8.42 Å². The van der Waals surface area contributed by atoms with E-state index in [2.05, 4.69) is 22.4 Å². The summed E-state index contributed by atoms with van der Waals surface area (Å²) in [5.74, 6) is 1.29. The van der Waals surface area contributed by atoms with Crippen molar-refractivity contribution in [1.82, 2.24) is 24.4 Å². The summed E-state index contributed by atoms with van der Waals surface area (Å²) >= 11 is 0. The van der Waals surface area contributed by atoms with Gasteiger partial charge in [-0.25, -0.2) is 12.7 Å².